The van der Waals surface area contributed by atoms with E-state index in [1.54, 1.807) is 18.3 Å². The molecule has 1 aromatic heterocycles. The van der Waals surface area contributed by atoms with Crippen LogP contribution in [-0.4, -0.2) is 15.9 Å². The minimum absolute atomic E-state index is 0.0282. The van der Waals surface area contributed by atoms with Crippen molar-refractivity contribution < 1.29 is 4.92 Å². The number of aliphatic imine (C=N–C) groups is 1. The van der Waals surface area contributed by atoms with Crippen LogP contribution in [0.2, 0.25) is 0 Å². The summed E-state index contributed by atoms with van der Waals surface area (Å²) >= 11 is 0. The van der Waals surface area contributed by atoms with Crippen molar-refractivity contribution in [3.63, 3.8) is 0 Å². The van der Waals surface area contributed by atoms with Gasteiger partial charge in [0.15, 0.2) is 6.19 Å². The molecule has 0 saturated carbocycles. The van der Waals surface area contributed by atoms with Crippen LogP contribution in [0.4, 0.5) is 23.0 Å². The smallest absolute Gasteiger partial charge is 0.269 e. The molecule has 2 aromatic carbocycles. The molecule has 0 fully saturated rings. The van der Waals surface area contributed by atoms with Crippen LogP contribution in [0.3, 0.4) is 0 Å². The van der Waals surface area contributed by atoms with Crippen LogP contribution < -0.4 is 22.1 Å². The van der Waals surface area contributed by atoms with Crippen molar-refractivity contribution in [3.05, 3.63) is 75.3 Å². The second-order valence-electron chi connectivity index (χ2n) is 6.79. The highest BCUT2D eigenvalue weighted by Gasteiger charge is 2.31. The van der Waals surface area contributed by atoms with Gasteiger partial charge in [-0.3, -0.25) is 15.4 Å². The van der Waals surface area contributed by atoms with Gasteiger partial charge in [0.05, 0.1) is 10.6 Å². The molecule has 2 heterocycles. The molecule has 1 atom stereocenters. The highest BCUT2D eigenvalue weighted by Crippen LogP contribution is 2.43. The van der Waals surface area contributed by atoms with Crippen molar-refractivity contribution in [3.8, 4) is 23.4 Å². The topological polar surface area (TPSA) is 192 Å². The molecule has 0 saturated heterocycles. The SMILES string of the molecule is N#CNC1=NC(c2ccccc2-c2ccc([N+](=O)[O-])cc2)c2c(nc(N)c(C#N)c2N)N1. The third-order valence-electron chi connectivity index (χ3n) is 5.00. The number of pyridine rings is 1. The summed E-state index contributed by atoms with van der Waals surface area (Å²) in [6, 6.07) is 14.7. The molecule has 0 amide bonds. The Morgan fingerprint density at radius 1 is 1.12 bits per heavy atom. The number of nitrogens with one attached hydrogen (secondary N) is 2. The molecule has 1 aliphatic rings. The summed E-state index contributed by atoms with van der Waals surface area (Å²) in [5, 5.41) is 34.9. The average molecular weight is 425 g/mol. The average Bonchev–Trinajstić information content (AvgIpc) is 2.79. The molecule has 1 unspecified atom stereocenters. The number of hydrogen-bond donors (Lipinski definition) is 4. The minimum Gasteiger partial charge on any atom is -0.397 e. The molecule has 3 aromatic rings. The number of aromatic nitrogens is 1. The molecule has 0 bridgehead atoms. The quantitative estimate of drug-likeness (QED) is 0.211. The largest absolute Gasteiger partial charge is 0.397 e. The molecule has 0 radical (unpaired) electrons. The minimum atomic E-state index is -0.728. The first kappa shape index (κ1) is 20.1. The second kappa shape index (κ2) is 7.93. The summed E-state index contributed by atoms with van der Waals surface area (Å²) in [5.74, 6) is 0.367. The van der Waals surface area contributed by atoms with Crippen LogP contribution in [0, 0.1) is 32.9 Å². The molecule has 0 spiro atoms. The Hall–Kier alpha value is -5.16. The Labute approximate surface area is 181 Å². The van der Waals surface area contributed by atoms with E-state index >= 15 is 0 Å². The summed E-state index contributed by atoms with van der Waals surface area (Å²) < 4.78 is 0. The van der Waals surface area contributed by atoms with E-state index in [9.17, 15) is 15.4 Å². The van der Waals surface area contributed by atoms with Gasteiger partial charge in [-0.05, 0) is 28.8 Å². The zero-order valence-electron chi connectivity index (χ0n) is 16.4. The first-order chi connectivity index (χ1) is 15.4. The van der Waals surface area contributed by atoms with Crippen molar-refractivity contribution in [2.45, 2.75) is 6.04 Å². The van der Waals surface area contributed by atoms with E-state index in [-0.39, 0.29) is 34.5 Å². The normalized spacial score (nSPS) is 14.2. The van der Waals surface area contributed by atoms with E-state index in [0.29, 0.717) is 11.1 Å². The molecular formula is C21H15N9O2. The van der Waals surface area contributed by atoms with E-state index in [1.807, 2.05) is 30.3 Å². The Bertz CT molecular complexity index is 1350. The van der Waals surface area contributed by atoms with Crippen LogP contribution >= 0.6 is 0 Å². The monoisotopic (exact) mass is 425 g/mol. The lowest BCUT2D eigenvalue weighted by molar-refractivity contribution is -0.384. The number of hydrogen-bond acceptors (Lipinski definition) is 10. The van der Waals surface area contributed by atoms with Crippen molar-refractivity contribution in [2.24, 2.45) is 4.99 Å². The fourth-order valence-corrected chi connectivity index (χ4v) is 3.57. The maximum absolute atomic E-state index is 11.0. The summed E-state index contributed by atoms with van der Waals surface area (Å²) in [4.78, 5) is 19.4. The van der Waals surface area contributed by atoms with Crippen LogP contribution in [0.1, 0.15) is 22.7 Å². The van der Waals surface area contributed by atoms with Gasteiger partial charge in [-0.15, -0.1) is 0 Å². The molecule has 0 aliphatic carbocycles. The summed E-state index contributed by atoms with van der Waals surface area (Å²) in [7, 11) is 0. The number of nitrogens with zero attached hydrogens (tertiary/aromatic N) is 5. The molecule has 11 heteroatoms. The Morgan fingerprint density at radius 2 is 1.84 bits per heavy atom. The summed E-state index contributed by atoms with van der Waals surface area (Å²) in [6.45, 7) is 0. The zero-order chi connectivity index (χ0) is 22.8. The Morgan fingerprint density at radius 3 is 2.50 bits per heavy atom. The van der Waals surface area contributed by atoms with E-state index < -0.39 is 11.0 Å². The Balaban J connectivity index is 1.93. The van der Waals surface area contributed by atoms with E-state index in [4.69, 9.17) is 16.7 Å². The fraction of sp³-hybridized carbons (Fsp3) is 0.0476. The summed E-state index contributed by atoms with van der Waals surface area (Å²) in [5.41, 5.74) is 14.9. The maximum Gasteiger partial charge on any atom is 0.269 e. The molecule has 4 rings (SSSR count). The third-order valence-corrected chi connectivity index (χ3v) is 5.00. The van der Waals surface area contributed by atoms with Crippen LogP contribution in [0.5, 0.6) is 0 Å². The number of benzene rings is 2. The molecule has 1 aliphatic heterocycles. The zero-order valence-corrected chi connectivity index (χ0v) is 16.4. The van der Waals surface area contributed by atoms with Gasteiger partial charge < -0.3 is 16.8 Å². The van der Waals surface area contributed by atoms with Crippen LogP contribution in [0.15, 0.2) is 53.5 Å². The van der Waals surface area contributed by atoms with E-state index in [1.165, 1.54) is 12.1 Å². The first-order valence-corrected chi connectivity index (χ1v) is 9.27. The van der Waals surface area contributed by atoms with E-state index in [0.717, 1.165) is 11.1 Å². The predicted molar refractivity (Wildman–Crippen MR) is 118 cm³/mol. The number of nitro benzene ring substituents is 1. The number of non-ortho nitro benzene ring substituents is 1. The van der Waals surface area contributed by atoms with Crippen molar-refractivity contribution >= 4 is 29.0 Å². The highest BCUT2D eigenvalue weighted by atomic mass is 16.6. The number of guanidine groups is 1. The van der Waals surface area contributed by atoms with Gasteiger partial charge in [0, 0.05) is 17.7 Å². The number of nitrogens with two attached hydrogens (primary N) is 2. The lowest BCUT2D eigenvalue weighted by Gasteiger charge is -2.27. The number of fused-ring (bicyclic) bond motifs is 1. The predicted octanol–water partition coefficient (Wildman–Crippen LogP) is 2.63. The van der Waals surface area contributed by atoms with Gasteiger partial charge in [-0.25, -0.2) is 9.98 Å². The molecule has 6 N–H and O–H groups in total. The second-order valence-corrected chi connectivity index (χ2v) is 6.79. The van der Waals surface area contributed by atoms with Crippen LogP contribution in [-0.2, 0) is 0 Å². The van der Waals surface area contributed by atoms with Crippen molar-refractivity contribution in [2.75, 3.05) is 16.8 Å². The van der Waals surface area contributed by atoms with Crippen molar-refractivity contribution in [1.82, 2.24) is 10.3 Å². The van der Waals surface area contributed by atoms with Gasteiger partial charge in [0.25, 0.3) is 5.69 Å². The van der Waals surface area contributed by atoms with Gasteiger partial charge in [-0.2, -0.15) is 10.5 Å². The maximum atomic E-state index is 11.0. The van der Waals surface area contributed by atoms with Gasteiger partial charge in [0.2, 0.25) is 5.96 Å². The van der Waals surface area contributed by atoms with Crippen molar-refractivity contribution in [1.29, 1.82) is 10.5 Å². The Kier molecular flexibility index (Phi) is 4.99. The first-order valence-electron chi connectivity index (χ1n) is 9.27. The number of nitro groups is 1. The lowest BCUT2D eigenvalue weighted by Crippen LogP contribution is -2.32. The number of anilines is 3. The van der Waals surface area contributed by atoms with E-state index in [2.05, 4.69) is 20.6 Å². The molecule has 32 heavy (non-hydrogen) atoms. The fourth-order valence-electron chi connectivity index (χ4n) is 3.57. The number of nitrogen functional groups attached to an aromatic ring is 2. The summed E-state index contributed by atoms with van der Waals surface area (Å²) in [6.07, 6.45) is 1.81. The standard InChI is InChI=1S/C21H15N9O2/c22-9-15-17(24)16-18(27-21(26-10-23)29-20(16)28-19(15)25)14-4-2-1-3-13(14)11-5-7-12(8-6-11)30(31)32/h1-8,18H,(H6,24,25,26,27,28,29). The lowest BCUT2D eigenvalue weighted by atomic mass is 9.89. The highest BCUT2D eigenvalue weighted by molar-refractivity contribution is 5.98. The third kappa shape index (κ3) is 3.36. The molecule has 156 valence electrons. The number of rotatable bonds is 3. The van der Waals surface area contributed by atoms with Gasteiger partial charge in [0.1, 0.15) is 29.3 Å². The van der Waals surface area contributed by atoms with Crippen LogP contribution in [0.25, 0.3) is 11.1 Å². The van der Waals surface area contributed by atoms with Gasteiger partial charge >= 0.3 is 0 Å². The molecule has 11 nitrogen and oxygen atoms in total. The molecular weight excluding hydrogens is 410 g/mol. The van der Waals surface area contributed by atoms with Gasteiger partial charge in [-0.1, -0.05) is 24.3 Å². The number of nitriles is 2.